The zero-order valence-corrected chi connectivity index (χ0v) is 14.9. The molecule has 0 amide bonds. The van der Waals surface area contributed by atoms with Gasteiger partial charge in [-0.2, -0.15) is 0 Å². The number of benzene rings is 1. The maximum Gasteiger partial charge on any atom is 0.140 e. The van der Waals surface area contributed by atoms with Crippen LogP contribution in [0.3, 0.4) is 0 Å². The van der Waals surface area contributed by atoms with Gasteiger partial charge in [-0.05, 0) is 11.6 Å². The van der Waals surface area contributed by atoms with E-state index in [-0.39, 0.29) is 0 Å². The monoisotopic (exact) mass is 348 g/mol. The van der Waals surface area contributed by atoms with Crippen molar-refractivity contribution in [1.82, 2.24) is 14.9 Å². The standard InChI is InChI=1S/C20H20N4S/c1-2-3-9-23-10-12-24(13-11-23)19-17-14-18(16-7-5-4-6-8-16)25-20(17)22-15-21-19/h1,4-8,14-15H,3,9-13H2. The molecule has 0 spiro atoms. The first kappa shape index (κ1) is 16.1. The van der Waals surface area contributed by atoms with Crippen LogP contribution >= 0.6 is 11.3 Å². The predicted molar refractivity (Wildman–Crippen MR) is 105 cm³/mol. The van der Waals surface area contributed by atoms with E-state index >= 15 is 0 Å². The molecule has 1 aromatic carbocycles. The van der Waals surface area contributed by atoms with Crippen LogP contribution in [0, 0.1) is 12.3 Å². The van der Waals surface area contributed by atoms with E-state index in [0.29, 0.717) is 0 Å². The number of piperazine rings is 1. The first-order valence-electron chi connectivity index (χ1n) is 8.56. The molecule has 3 heterocycles. The minimum absolute atomic E-state index is 0.822. The third kappa shape index (κ3) is 3.37. The van der Waals surface area contributed by atoms with Gasteiger partial charge in [0.15, 0.2) is 0 Å². The fourth-order valence-corrected chi connectivity index (χ4v) is 4.24. The number of terminal acetylenes is 1. The van der Waals surface area contributed by atoms with Gasteiger partial charge in [0, 0.05) is 44.0 Å². The van der Waals surface area contributed by atoms with Gasteiger partial charge in [-0.3, -0.25) is 4.90 Å². The van der Waals surface area contributed by atoms with E-state index in [0.717, 1.165) is 55.2 Å². The summed E-state index contributed by atoms with van der Waals surface area (Å²) in [5.41, 5.74) is 1.23. The van der Waals surface area contributed by atoms with E-state index < -0.39 is 0 Å². The number of nitrogens with zero attached hydrogens (tertiary/aromatic N) is 4. The average molecular weight is 348 g/mol. The minimum atomic E-state index is 0.822. The SMILES string of the molecule is C#CCCN1CCN(c2ncnc3sc(-c4ccccc4)cc23)CC1. The van der Waals surface area contributed by atoms with Gasteiger partial charge in [0.1, 0.15) is 17.0 Å². The van der Waals surface area contributed by atoms with Crippen molar-refractivity contribution in [2.45, 2.75) is 6.42 Å². The lowest BCUT2D eigenvalue weighted by Crippen LogP contribution is -2.46. The molecule has 0 atom stereocenters. The Morgan fingerprint density at radius 3 is 2.64 bits per heavy atom. The highest BCUT2D eigenvalue weighted by atomic mass is 32.1. The van der Waals surface area contributed by atoms with E-state index in [2.05, 4.69) is 56.0 Å². The van der Waals surface area contributed by atoms with Crippen LogP contribution in [0.2, 0.25) is 0 Å². The van der Waals surface area contributed by atoms with E-state index in [4.69, 9.17) is 6.42 Å². The van der Waals surface area contributed by atoms with Crippen LogP contribution in [0.4, 0.5) is 5.82 Å². The van der Waals surface area contributed by atoms with Gasteiger partial charge in [-0.15, -0.1) is 23.7 Å². The summed E-state index contributed by atoms with van der Waals surface area (Å²) in [6.07, 6.45) is 7.88. The number of hydrogen-bond acceptors (Lipinski definition) is 5. The highest BCUT2D eigenvalue weighted by molar-refractivity contribution is 7.21. The first-order valence-corrected chi connectivity index (χ1v) is 9.37. The lowest BCUT2D eigenvalue weighted by atomic mass is 10.2. The number of fused-ring (bicyclic) bond motifs is 1. The molecule has 0 unspecified atom stereocenters. The summed E-state index contributed by atoms with van der Waals surface area (Å²) in [6, 6.07) is 12.7. The summed E-state index contributed by atoms with van der Waals surface area (Å²) in [5, 5.41) is 1.16. The lowest BCUT2D eigenvalue weighted by molar-refractivity contribution is 0.263. The molecule has 4 nitrogen and oxygen atoms in total. The van der Waals surface area contributed by atoms with Crippen molar-refractivity contribution in [1.29, 1.82) is 0 Å². The van der Waals surface area contributed by atoms with E-state index in [9.17, 15) is 0 Å². The largest absolute Gasteiger partial charge is 0.353 e. The second-order valence-corrected chi connectivity index (χ2v) is 7.21. The van der Waals surface area contributed by atoms with E-state index in [1.54, 1.807) is 17.7 Å². The number of anilines is 1. The third-order valence-electron chi connectivity index (χ3n) is 4.61. The molecular weight excluding hydrogens is 328 g/mol. The quantitative estimate of drug-likeness (QED) is 0.676. The molecule has 3 aromatic rings. The smallest absolute Gasteiger partial charge is 0.140 e. The van der Waals surface area contributed by atoms with Gasteiger partial charge in [0.05, 0.1) is 5.39 Å². The van der Waals surface area contributed by atoms with Crippen LogP contribution in [-0.2, 0) is 0 Å². The van der Waals surface area contributed by atoms with Gasteiger partial charge in [0.2, 0.25) is 0 Å². The van der Waals surface area contributed by atoms with Gasteiger partial charge in [-0.1, -0.05) is 30.3 Å². The molecule has 25 heavy (non-hydrogen) atoms. The van der Waals surface area contributed by atoms with E-state index in [1.807, 2.05) is 6.07 Å². The second kappa shape index (κ2) is 7.22. The molecule has 5 heteroatoms. The Balaban J connectivity index is 1.59. The van der Waals surface area contributed by atoms with Crippen molar-refractivity contribution in [3.05, 3.63) is 42.7 Å². The Morgan fingerprint density at radius 1 is 1.08 bits per heavy atom. The number of thiophene rings is 1. The third-order valence-corrected chi connectivity index (χ3v) is 5.70. The van der Waals surface area contributed by atoms with Gasteiger partial charge >= 0.3 is 0 Å². The van der Waals surface area contributed by atoms with E-state index in [1.165, 1.54) is 10.4 Å². The van der Waals surface area contributed by atoms with Gasteiger partial charge in [0.25, 0.3) is 0 Å². The fraction of sp³-hybridized carbons (Fsp3) is 0.300. The van der Waals surface area contributed by atoms with Crippen molar-refractivity contribution >= 4 is 27.4 Å². The molecule has 2 aromatic heterocycles. The molecule has 1 aliphatic heterocycles. The Kier molecular flexibility index (Phi) is 4.64. The van der Waals surface area contributed by atoms with Crippen molar-refractivity contribution in [3.63, 3.8) is 0 Å². The molecule has 0 N–H and O–H groups in total. The average Bonchev–Trinajstić information content (AvgIpc) is 3.12. The molecule has 0 aliphatic carbocycles. The minimum Gasteiger partial charge on any atom is -0.353 e. The van der Waals surface area contributed by atoms with Crippen molar-refractivity contribution in [2.24, 2.45) is 0 Å². The molecule has 4 rings (SSSR count). The molecule has 1 fully saturated rings. The molecular formula is C20H20N4S. The normalized spacial score (nSPS) is 15.4. The van der Waals surface area contributed by atoms with Crippen molar-refractivity contribution < 1.29 is 0 Å². The maximum atomic E-state index is 5.37. The zero-order chi connectivity index (χ0) is 17.1. The molecule has 0 radical (unpaired) electrons. The van der Waals surface area contributed by atoms with Crippen molar-refractivity contribution in [3.8, 4) is 22.8 Å². The Hall–Kier alpha value is -2.42. The summed E-state index contributed by atoms with van der Waals surface area (Å²) in [4.78, 5) is 16.2. The predicted octanol–water partition coefficient (Wildman–Crippen LogP) is 3.50. The fourth-order valence-electron chi connectivity index (χ4n) is 3.25. The summed E-state index contributed by atoms with van der Waals surface area (Å²) in [5.74, 6) is 3.78. The summed E-state index contributed by atoms with van der Waals surface area (Å²) >= 11 is 1.73. The summed E-state index contributed by atoms with van der Waals surface area (Å²) < 4.78 is 0. The van der Waals surface area contributed by atoms with Crippen LogP contribution in [0.1, 0.15) is 6.42 Å². The summed E-state index contributed by atoms with van der Waals surface area (Å²) in [6.45, 7) is 5.01. The Labute approximate surface area is 152 Å². The molecule has 1 aliphatic rings. The van der Waals surface area contributed by atoms with Crippen molar-refractivity contribution in [2.75, 3.05) is 37.6 Å². The van der Waals surface area contributed by atoms with Crippen LogP contribution in [0.15, 0.2) is 42.7 Å². The Morgan fingerprint density at radius 2 is 1.88 bits per heavy atom. The first-order chi connectivity index (χ1) is 12.3. The lowest BCUT2D eigenvalue weighted by Gasteiger charge is -2.35. The van der Waals surface area contributed by atoms with Gasteiger partial charge < -0.3 is 4.90 Å². The number of rotatable bonds is 4. The van der Waals surface area contributed by atoms with Crippen LogP contribution in [0.5, 0.6) is 0 Å². The maximum absolute atomic E-state index is 5.37. The number of hydrogen-bond donors (Lipinski definition) is 0. The molecule has 0 saturated carbocycles. The van der Waals surface area contributed by atoms with Crippen LogP contribution in [0.25, 0.3) is 20.7 Å². The molecule has 1 saturated heterocycles. The second-order valence-electron chi connectivity index (χ2n) is 6.18. The molecule has 0 bridgehead atoms. The zero-order valence-electron chi connectivity index (χ0n) is 14.1. The molecule has 126 valence electrons. The van der Waals surface area contributed by atoms with Crippen LogP contribution in [-0.4, -0.2) is 47.6 Å². The topological polar surface area (TPSA) is 32.3 Å². The highest BCUT2D eigenvalue weighted by Gasteiger charge is 2.20. The highest BCUT2D eigenvalue weighted by Crippen LogP contribution is 2.36. The van der Waals surface area contributed by atoms with Crippen LogP contribution < -0.4 is 4.90 Å². The Bertz CT molecular complexity index is 889. The van der Waals surface area contributed by atoms with Gasteiger partial charge in [-0.25, -0.2) is 9.97 Å². The summed E-state index contributed by atoms with van der Waals surface area (Å²) in [7, 11) is 0. The number of aromatic nitrogens is 2.